The smallest absolute Gasteiger partial charge is 0.226 e. The molecule has 2 heterocycles. The summed E-state index contributed by atoms with van der Waals surface area (Å²) in [6, 6.07) is 14.2. The number of nitrogens with zero attached hydrogens (tertiary/aromatic N) is 2. The summed E-state index contributed by atoms with van der Waals surface area (Å²) in [4.78, 5) is 16.8. The number of hydrogen-bond donors (Lipinski definition) is 1. The molecule has 3 aromatic rings. The molecule has 4 heteroatoms. The van der Waals surface area contributed by atoms with Gasteiger partial charge in [0.2, 0.25) is 5.91 Å². The molecule has 1 N–H and O–H groups in total. The molecule has 0 aliphatic rings. The van der Waals surface area contributed by atoms with E-state index in [0.717, 1.165) is 29.0 Å². The van der Waals surface area contributed by atoms with Crippen LogP contribution in [-0.4, -0.2) is 21.8 Å². The van der Waals surface area contributed by atoms with E-state index in [1.165, 1.54) is 5.56 Å². The van der Waals surface area contributed by atoms with Crippen molar-refractivity contribution in [2.75, 3.05) is 6.54 Å². The highest BCUT2D eigenvalue weighted by atomic mass is 16.1. The number of aryl methyl sites for hydroxylation is 2. The molecule has 0 atom stereocenters. The number of hydrogen-bond acceptors (Lipinski definition) is 2. The normalized spacial score (nSPS) is 10.9. The average Bonchev–Trinajstić information content (AvgIpc) is 2.86. The second-order valence-electron chi connectivity index (χ2n) is 5.79. The number of benzene rings is 1. The van der Waals surface area contributed by atoms with Gasteiger partial charge in [-0.3, -0.25) is 4.79 Å². The van der Waals surface area contributed by atoms with E-state index in [4.69, 9.17) is 0 Å². The van der Waals surface area contributed by atoms with Crippen LogP contribution in [0.25, 0.3) is 5.65 Å². The van der Waals surface area contributed by atoms with Gasteiger partial charge in [-0.15, -0.1) is 0 Å². The van der Waals surface area contributed by atoms with E-state index < -0.39 is 0 Å². The van der Waals surface area contributed by atoms with E-state index in [0.29, 0.717) is 13.0 Å². The average molecular weight is 307 g/mol. The van der Waals surface area contributed by atoms with Crippen molar-refractivity contribution in [1.82, 2.24) is 14.7 Å². The second kappa shape index (κ2) is 6.65. The first-order valence-corrected chi connectivity index (χ1v) is 7.89. The quantitative estimate of drug-likeness (QED) is 0.788. The Morgan fingerprint density at radius 2 is 1.91 bits per heavy atom. The largest absolute Gasteiger partial charge is 0.355 e. The summed E-state index contributed by atoms with van der Waals surface area (Å²) in [5.41, 5.74) is 5.15. The molecule has 0 aliphatic heterocycles. The number of nitrogens with one attached hydrogen (secondary N) is 1. The molecule has 0 saturated heterocycles. The molecule has 3 rings (SSSR count). The maximum atomic E-state index is 12.2. The fourth-order valence-electron chi connectivity index (χ4n) is 2.78. The lowest BCUT2D eigenvalue weighted by atomic mass is 10.1. The third-order valence-electron chi connectivity index (χ3n) is 4.05. The SMILES string of the molecule is Cc1nc2c(C)cccn2c1CC(=O)NCCc1ccccc1. The molecule has 0 bridgehead atoms. The zero-order chi connectivity index (χ0) is 16.2. The predicted octanol–water partition coefficient (Wildman–Crippen LogP) is 2.85. The van der Waals surface area contributed by atoms with Crippen LogP contribution in [0.2, 0.25) is 0 Å². The van der Waals surface area contributed by atoms with Gasteiger partial charge in [0.25, 0.3) is 0 Å². The van der Waals surface area contributed by atoms with Crippen LogP contribution in [-0.2, 0) is 17.6 Å². The number of carbonyl (C=O) groups is 1. The predicted molar refractivity (Wildman–Crippen MR) is 91.5 cm³/mol. The minimum Gasteiger partial charge on any atom is -0.355 e. The summed E-state index contributed by atoms with van der Waals surface area (Å²) in [5.74, 6) is 0.0346. The molecule has 0 radical (unpaired) electrons. The number of pyridine rings is 1. The van der Waals surface area contributed by atoms with E-state index in [2.05, 4.69) is 22.4 Å². The van der Waals surface area contributed by atoms with Gasteiger partial charge in [0, 0.05) is 12.7 Å². The maximum Gasteiger partial charge on any atom is 0.226 e. The number of carbonyl (C=O) groups excluding carboxylic acids is 1. The Bertz CT molecular complexity index is 821. The Morgan fingerprint density at radius 3 is 2.70 bits per heavy atom. The zero-order valence-electron chi connectivity index (χ0n) is 13.5. The van der Waals surface area contributed by atoms with Gasteiger partial charge in [-0.2, -0.15) is 0 Å². The van der Waals surface area contributed by atoms with Gasteiger partial charge in [-0.25, -0.2) is 4.98 Å². The first kappa shape index (κ1) is 15.3. The Balaban J connectivity index is 1.64. The summed E-state index contributed by atoms with van der Waals surface area (Å²) >= 11 is 0. The number of amides is 1. The van der Waals surface area contributed by atoms with E-state index in [-0.39, 0.29) is 5.91 Å². The van der Waals surface area contributed by atoms with E-state index in [1.807, 2.05) is 54.8 Å². The van der Waals surface area contributed by atoms with Crippen LogP contribution in [0.15, 0.2) is 48.7 Å². The van der Waals surface area contributed by atoms with Gasteiger partial charge in [0.15, 0.2) is 0 Å². The van der Waals surface area contributed by atoms with Crippen LogP contribution in [0, 0.1) is 13.8 Å². The monoisotopic (exact) mass is 307 g/mol. The molecule has 0 fully saturated rings. The Labute approximate surface area is 136 Å². The standard InChI is InChI=1S/C19H21N3O/c1-14-7-6-12-22-17(15(2)21-19(14)22)13-18(23)20-11-10-16-8-4-3-5-9-16/h3-9,12H,10-11,13H2,1-2H3,(H,20,23). The van der Waals surface area contributed by atoms with Crippen molar-refractivity contribution in [3.05, 3.63) is 71.2 Å². The number of imidazole rings is 1. The van der Waals surface area contributed by atoms with Gasteiger partial charge in [0.1, 0.15) is 5.65 Å². The molecule has 1 amide bonds. The fourth-order valence-corrected chi connectivity index (χ4v) is 2.78. The van der Waals surface area contributed by atoms with Crippen LogP contribution in [0.3, 0.4) is 0 Å². The lowest BCUT2D eigenvalue weighted by molar-refractivity contribution is -0.120. The molecule has 0 saturated carbocycles. The Kier molecular flexibility index (Phi) is 4.42. The van der Waals surface area contributed by atoms with Gasteiger partial charge in [-0.05, 0) is 37.5 Å². The van der Waals surface area contributed by atoms with Crippen LogP contribution in [0.1, 0.15) is 22.5 Å². The fraction of sp³-hybridized carbons (Fsp3) is 0.263. The van der Waals surface area contributed by atoms with Crippen molar-refractivity contribution in [2.45, 2.75) is 26.7 Å². The molecule has 1 aromatic carbocycles. The topological polar surface area (TPSA) is 46.4 Å². The molecule has 0 unspecified atom stereocenters. The summed E-state index contributed by atoms with van der Waals surface area (Å²) < 4.78 is 2.02. The van der Waals surface area contributed by atoms with Gasteiger partial charge >= 0.3 is 0 Å². The van der Waals surface area contributed by atoms with E-state index >= 15 is 0 Å². The molecule has 23 heavy (non-hydrogen) atoms. The summed E-state index contributed by atoms with van der Waals surface area (Å²) in [6.07, 6.45) is 3.16. The molecule has 4 nitrogen and oxygen atoms in total. The molecule has 0 aliphatic carbocycles. The molecular weight excluding hydrogens is 286 g/mol. The van der Waals surface area contributed by atoms with E-state index in [9.17, 15) is 4.79 Å². The molecule has 2 aromatic heterocycles. The summed E-state index contributed by atoms with van der Waals surface area (Å²) in [6.45, 7) is 4.64. The van der Waals surface area contributed by atoms with Crippen LogP contribution in [0.5, 0.6) is 0 Å². The van der Waals surface area contributed by atoms with Crippen molar-refractivity contribution in [2.24, 2.45) is 0 Å². The number of aromatic nitrogens is 2. The number of rotatable bonds is 5. The van der Waals surface area contributed by atoms with Crippen molar-refractivity contribution in [3.8, 4) is 0 Å². The van der Waals surface area contributed by atoms with Gasteiger partial charge < -0.3 is 9.72 Å². The minimum absolute atomic E-state index is 0.0346. The van der Waals surface area contributed by atoms with Crippen LogP contribution in [0.4, 0.5) is 0 Å². The molecule has 0 spiro atoms. The summed E-state index contributed by atoms with van der Waals surface area (Å²) in [7, 11) is 0. The first-order chi connectivity index (χ1) is 11.1. The van der Waals surface area contributed by atoms with Crippen molar-refractivity contribution in [1.29, 1.82) is 0 Å². The van der Waals surface area contributed by atoms with Crippen molar-refractivity contribution >= 4 is 11.6 Å². The molecule has 118 valence electrons. The Hall–Kier alpha value is -2.62. The summed E-state index contributed by atoms with van der Waals surface area (Å²) in [5, 5.41) is 3.00. The van der Waals surface area contributed by atoms with Crippen molar-refractivity contribution in [3.63, 3.8) is 0 Å². The van der Waals surface area contributed by atoms with E-state index in [1.54, 1.807) is 0 Å². The Morgan fingerprint density at radius 1 is 1.13 bits per heavy atom. The highest BCUT2D eigenvalue weighted by molar-refractivity contribution is 5.78. The minimum atomic E-state index is 0.0346. The van der Waals surface area contributed by atoms with Crippen LogP contribution >= 0.6 is 0 Å². The highest BCUT2D eigenvalue weighted by Crippen LogP contribution is 2.15. The van der Waals surface area contributed by atoms with Gasteiger partial charge in [0.05, 0.1) is 17.8 Å². The number of fused-ring (bicyclic) bond motifs is 1. The lowest BCUT2D eigenvalue weighted by Crippen LogP contribution is -2.27. The third-order valence-corrected chi connectivity index (χ3v) is 4.05. The van der Waals surface area contributed by atoms with Gasteiger partial charge in [-0.1, -0.05) is 36.4 Å². The lowest BCUT2D eigenvalue weighted by Gasteiger charge is -2.07. The zero-order valence-corrected chi connectivity index (χ0v) is 13.5. The molecular formula is C19H21N3O. The van der Waals surface area contributed by atoms with Crippen molar-refractivity contribution < 1.29 is 4.79 Å². The maximum absolute atomic E-state index is 12.2. The highest BCUT2D eigenvalue weighted by Gasteiger charge is 2.13. The third kappa shape index (κ3) is 3.42. The first-order valence-electron chi connectivity index (χ1n) is 7.89. The van der Waals surface area contributed by atoms with Crippen LogP contribution < -0.4 is 5.32 Å². The second-order valence-corrected chi connectivity index (χ2v) is 5.79.